The second-order valence-corrected chi connectivity index (χ2v) is 8.25. The monoisotopic (exact) mass is 429 g/mol. The summed E-state index contributed by atoms with van der Waals surface area (Å²) in [6.45, 7) is 7.57. The van der Waals surface area contributed by atoms with Crippen molar-refractivity contribution < 1.29 is 0 Å². The van der Waals surface area contributed by atoms with E-state index in [1.807, 2.05) is 0 Å². The minimum absolute atomic E-state index is 0.263. The molecule has 1 N–H and O–H groups in total. The molecule has 1 aromatic carbocycles. The van der Waals surface area contributed by atoms with Crippen molar-refractivity contribution in [3.8, 4) is 0 Å². The number of hydrogen-bond donors (Lipinski definition) is 1. The summed E-state index contributed by atoms with van der Waals surface area (Å²) in [6, 6.07) is 9.40. The molecular weight excluding hydrogens is 410 g/mol. The predicted molar refractivity (Wildman–Crippen MR) is 100 cm³/mol. The van der Waals surface area contributed by atoms with E-state index in [0.717, 1.165) is 27.6 Å². The lowest BCUT2D eigenvalue weighted by molar-refractivity contribution is 0.638. The van der Waals surface area contributed by atoms with Crippen molar-refractivity contribution in [1.29, 1.82) is 0 Å². The lowest BCUT2D eigenvalue weighted by atomic mass is 9.96. The van der Waals surface area contributed by atoms with E-state index in [4.69, 9.17) is 0 Å². The van der Waals surface area contributed by atoms with Crippen LogP contribution in [0, 0.1) is 0 Å². The maximum Gasteiger partial charge on any atom is 0.0843 e. The molecule has 114 valence electrons. The van der Waals surface area contributed by atoms with E-state index in [-0.39, 0.29) is 6.04 Å². The molecule has 0 bridgehead atoms. The molecule has 0 fully saturated rings. The topological polar surface area (TPSA) is 12.0 Å². The number of nitrogens with one attached hydrogen (secondary N) is 1. The number of aryl methyl sites for hydroxylation is 2. The molecule has 1 heterocycles. The van der Waals surface area contributed by atoms with Crippen LogP contribution >= 0.6 is 43.2 Å². The first kappa shape index (κ1) is 17.2. The van der Waals surface area contributed by atoms with Gasteiger partial charge in [-0.15, -0.1) is 11.3 Å². The van der Waals surface area contributed by atoms with E-state index in [9.17, 15) is 0 Å². The number of halogens is 2. The number of thiophene rings is 1. The predicted octanol–water partition coefficient (Wildman–Crippen LogP) is 6.10. The van der Waals surface area contributed by atoms with Crippen molar-refractivity contribution in [3.05, 3.63) is 54.1 Å². The van der Waals surface area contributed by atoms with Crippen molar-refractivity contribution in [2.24, 2.45) is 0 Å². The van der Waals surface area contributed by atoms with Gasteiger partial charge >= 0.3 is 0 Å². The highest BCUT2D eigenvalue weighted by molar-refractivity contribution is 9.13. The normalized spacial score (nSPS) is 12.6. The van der Waals surface area contributed by atoms with Crippen LogP contribution in [0.3, 0.4) is 0 Å². The molecule has 1 atom stereocenters. The van der Waals surface area contributed by atoms with Crippen LogP contribution in [-0.2, 0) is 12.8 Å². The third-order valence-corrected chi connectivity index (χ3v) is 7.00. The van der Waals surface area contributed by atoms with Gasteiger partial charge in [0.15, 0.2) is 0 Å². The van der Waals surface area contributed by atoms with Gasteiger partial charge in [-0.3, -0.25) is 0 Å². The quantitative estimate of drug-likeness (QED) is 0.583. The van der Waals surface area contributed by atoms with E-state index < -0.39 is 0 Å². The Labute approximate surface area is 148 Å². The molecular formula is C17H21Br2NS. The Bertz CT molecular complexity index is 587. The fourth-order valence-corrected chi connectivity index (χ4v) is 4.79. The highest BCUT2D eigenvalue weighted by atomic mass is 79.9. The fourth-order valence-electron chi connectivity index (χ4n) is 2.59. The molecule has 0 aliphatic heterocycles. The SMILES string of the molecule is CCNC(c1ccc(CC)c(CC)c1)c1cc(Br)c(Br)s1. The lowest BCUT2D eigenvalue weighted by Crippen LogP contribution is -2.21. The summed E-state index contributed by atoms with van der Waals surface area (Å²) < 4.78 is 2.28. The zero-order chi connectivity index (χ0) is 15.4. The van der Waals surface area contributed by atoms with Crippen LogP contribution in [0.5, 0.6) is 0 Å². The Hall–Kier alpha value is -0.160. The minimum Gasteiger partial charge on any atom is -0.306 e. The highest BCUT2D eigenvalue weighted by Crippen LogP contribution is 2.38. The molecule has 1 nitrogen and oxygen atoms in total. The van der Waals surface area contributed by atoms with Crippen LogP contribution in [0.15, 0.2) is 32.5 Å². The van der Waals surface area contributed by atoms with E-state index in [2.05, 4.69) is 82.2 Å². The van der Waals surface area contributed by atoms with Crippen LogP contribution in [0.2, 0.25) is 0 Å². The molecule has 2 rings (SSSR count). The lowest BCUT2D eigenvalue weighted by Gasteiger charge is -2.19. The van der Waals surface area contributed by atoms with Gasteiger partial charge in [0.05, 0.1) is 9.83 Å². The zero-order valence-corrected chi connectivity index (χ0v) is 16.7. The molecule has 0 aliphatic rings. The molecule has 0 radical (unpaired) electrons. The first-order valence-electron chi connectivity index (χ1n) is 7.40. The van der Waals surface area contributed by atoms with E-state index in [1.165, 1.54) is 21.6 Å². The molecule has 1 unspecified atom stereocenters. The van der Waals surface area contributed by atoms with Gasteiger partial charge in [-0.05, 0) is 74.0 Å². The summed E-state index contributed by atoms with van der Waals surface area (Å²) >= 11 is 8.99. The first-order chi connectivity index (χ1) is 10.1. The Morgan fingerprint density at radius 2 is 1.76 bits per heavy atom. The van der Waals surface area contributed by atoms with Gasteiger partial charge in [-0.25, -0.2) is 0 Å². The van der Waals surface area contributed by atoms with E-state index >= 15 is 0 Å². The fraction of sp³-hybridized carbons (Fsp3) is 0.412. The Balaban J connectivity index is 2.42. The van der Waals surface area contributed by atoms with Crippen LogP contribution in [0.4, 0.5) is 0 Å². The van der Waals surface area contributed by atoms with Crippen molar-refractivity contribution >= 4 is 43.2 Å². The van der Waals surface area contributed by atoms with Crippen LogP contribution < -0.4 is 5.32 Å². The molecule has 0 saturated heterocycles. The van der Waals surface area contributed by atoms with Gasteiger partial charge in [0.1, 0.15) is 0 Å². The second-order valence-electron chi connectivity index (χ2n) is 5.00. The van der Waals surface area contributed by atoms with E-state index in [0.29, 0.717) is 0 Å². The second kappa shape index (κ2) is 7.91. The maximum atomic E-state index is 3.61. The van der Waals surface area contributed by atoms with Crippen LogP contribution in [0.25, 0.3) is 0 Å². The summed E-state index contributed by atoms with van der Waals surface area (Å²) in [6.07, 6.45) is 2.19. The molecule has 2 aromatic rings. The molecule has 0 saturated carbocycles. The Morgan fingerprint density at radius 3 is 2.29 bits per heavy atom. The van der Waals surface area contributed by atoms with Crippen molar-refractivity contribution in [1.82, 2.24) is 5.32 Å². The summed E-state index contributed by atoms with van der Waals surface area (Å²) in [5.41, 5.74) is 4.28. The molecule has 1 aromatic heterocycles. The maximum absolute atomic E-state index is 3.61. The van der Waals surface area contributed by atoms with E-state index in [1.54, 1.807) is 11.3 Å². The van der Waals surface area contributed by atoms with Gasteiger partial charge in [0.25, 0.3) is 0 Å². The van der Waals surface area contributed by atoms with Gasteiger partial charge < -0.3 is 5.32 Å². The number of rotatable bonds is 6. The number of hydrogen-bond acceptors (Lipinski definition) is 2. The standard InChI is InChI=1S/C17H21Br2NS/c1-4-11-7-8-13(9-12(11)5-2)16(20-6-3)15-10-14(18)17(19)21-15/h7-10,16,20H,4-6H2,1-3H3. The minimum atomic E-state index is 0.263. The van der Waals surface area contributed by atoms with Gasteiger partial charge in [-0.1, -0.05) is 39.0 Å². The number of benzene rings is 1. The van der Waals surface area contributed by atoms with Crippen LogP contribution in [0.1, 0.15) is 48.4 Å². The zero-order valence-electron chi connectivity index (χ0n) is 12.7. The van der Waals surface area contributed by atoms with Gasteiger partial charge in [-0.2, -0.15) is 0 Å². The first-order valence-corrected chi connectivity index (χ1v) is 9.80. The van der Waals surface area contributed by atoms with Crippen molar-refractivity contribution in [2.75, 3.05) is 6.54 Å². The average molecular weight is 431 g/mol. The Kier molecular flexibility index (Phi) is 6.48. The molecule has 4 heteroatoms. The molecule has 0 amide bonds. The molecule has 0 aliphatic carbocycles. The molecule has 21 heavy (non-hydrogen) atoms. The summed E-state index contributed by atoms with van der Waals surface area (Å²) in [5, 5.41) is 3.61. The highest BCUT2D eigenvalue weighted by Gasteiger charge is 2.18. The third kappa shape index (κ3) is 3.98. The summed E-state index contributed by atoms with van der Waals surface area (Å²) in [7, 11) is 0. The Morgan fingerprint density at radius 1 is 1.05 bits per heavy atom. The third-order valence-electron chi connectivity index (χ3n) is 3.68. The van der Waals surface area contributed by atoms with Crippen molar-refractivity contribution in [2.45, 2.75) is 39.7 Å². The molecule has 0 spiro atoms. The summed E-state index contributed by atoms with van der Waals surface area (Å²) in [5.74, 6) is 0. The summed E-state index contributed by atoms with van der Waals surface area (Å²) in [4.78, 5) is 1.34. The van der Waals surface area contributed by atoms with Gasteiger partial charge in [0, 0.05) is 9.35 Å². The van der Waals surface area contributed by atoms with Gasteiger partial charge in [0.2, 0.25) is 0 Å². The van der Waals surface area contributed by atoms with Crippen molar-refractivity contribution in [3.63, 3.8) is 0 Å². The smallest absolute Gasteiger partial charge is 0.0843 e. The average Bonchev–Trinajstić information content (AvgIpc) is 2.83. The van der Waals surface area contributed by atoms with Crippen LogP contribution in [-0.4, -0.2) is 6.54 Å². The largest absolute Gasteiger partial charge is 0.306 e.